The van der Waals surface area contributed by atoms with Crippen molar-refractivity contribution in [3.8, 4) is 11.1 Å². The summed E-state index contributed by atoms with van der Waals surface area (Å²) in [7, 11) is 0. The summed E-state index contributed by atoms with van der Waals surface area (Å²) >= 11 is 6.03. The first kappa shape index (κ1) is 20.1. The fraction of sp³-hybridized carbons (Fsp3) is 0.227. The molecule has 0 radical (unpaired) electrons. The minimum atomic E-state index is -0.530. The van der Waals surface area contributed by atoms with Gasteiger partial charge in [-0.2, -0.15) is 0 Å². The molecular weight excluding hydrogens is 407 g/mol. The number of aromatic amines is 1. The number of benzene rings is 1. The Bertz CT molecular complexity index is 1200. The van der Waals surface area contributed by atoms with Crippen LogP contribution in [0.2, 0.25) is 5.02 Å². The Labute approximate surface area is 177 Å². The van der Waals surface area contributed by atoms with Gasteiger partial charge in [0.15, 0.2) is 0 Å². The topological polar surface area (TPSA) is 86.9 Å². The summed E-state index contributed by atoms with van der Waals surface area (Å²) in [5.41, 5.74) is 1.87. The lowest BCUT2D eigenvalue weighted by Crippen LogP contribution is -2.18. The highest BCUT2D eigenvalue weighted by Gasteiger charge is 2.42. The van der Waals surface area contributed by atoms with E-state index in [4.69, 9.17) is 11.6 Å². The van der Waals surface area contributed by atoms with Gasteiger partial charge in [0.1, 0.15) is 11.6 Å². The Morgan fingerprint density at radius 2 is 1.97 bits per heavy atom. The molecule has 0 atom stereocenters. The number of carbonyl (C=O) groups excluding carboxylic acids is 1. The predicted molar refractivity (Wildman–Crippen MR) is 116 cm³/mol. The third-order valence-corrected chi connectivity index (χ3v) is 5.44. The van der Waals surface area contributed by atoms with Gasteiger partial charge < -0.3 is 15.6 Å². The highest BCUT2D eigenvalue weighted by Crippen LogP contribution is 2.49. The highest BCUT2D eigenvalue weighted by atomic mass is 35.5. The fourth-order valence-electron chi connectivity index (χ4n) is 3.36. The van der Waals surface area contributed by atoms with Gasteiger partial charge in [-0.1, -0.05) is 18.5 Å². The van der Waals surface area contributed by atoms with Gasteiger partial charge in [0.05, 0.1) is 11.3 Å². The predicted octanol–water partition coefficient (Wildman–Crippen LogP) is 4.98. The van der Waals surface area contributed by atoms with Crippen LogP contribution in [0.3, 0.4) is 0 Å². The number of nitrogens with zero attached hydrogens (tertiary/aromatic N) is 1. The van der Waals surface area contributed by atoms with E-state index in [1.165, 1.54) is 25.1 Å². The van der Waals surface area contributed by atoms with E-state index >= 15 is 0 Å². The molecule has 3 aromatic rings. The highest BCUT2D eigenvalue weighted by molar-refractivity contribution is 6.30. The molecule has 2 aromatic heterocycles. The maximum Gasteiger partial charge on any atom is 0.256 e. The van der Waals surface area contributed by atoms with Crippen LogP contribution < -0.4 is 16.2 Å². The van der Waals surface area contributed by atoms with Crippen LogP contribution in [0.4, 0.5) is 21.6 Å². The molecule has 4 rings (SSSR count). The average Bonchev–Trinajstić information content (AvgIpc) is 3.43. The average molecular weight is 427 g/mol. The molecule has 8 heteroatoms. The SMILES string of the molecule is CC(=O)Nc1cc(Nc2cc(-c3cc(Cl)ccc3F)c(=O)[nH]c2C2(C)CC2)ccn1. The number of H-pyrrole nitrogens is 1. The number of anilines is 3. The molecule has 3 N–H and O–H groups in total. The molecule has 0 spiro atoms. The number of nitrogens with one attached hydrogen (secondary N) is 3. The van der Waals surface area contributed by atoms with Crippen molar-refractivity contribution in [2.24, 2.45) is 0 Å². The minimum Gasteiger partial charge on any atom is -0.354 e. The Morgan fingerprint density at radius 1 is 1.20 bits per heavy atom. The van der Waals surface area contributed by atoms with E-state index in [9.17, 15) is 14.0 Å². The summed E-state index contributed by atoms with van der Waals surface area (Å²) in [4.78, 5) is 31.2. The summed E-state index contributed by atoms with van der Waals surface area (Å²) < 4.78 is 14.4. The molecule has 0 aliphatic heterocycles. The van der Waals surface area contributed by atoms with Crippen LogP contribution in [0.25, 0.3) is 11.1 Å². The van der Waals surface area contributed by atoms with Crippen molar-refractivity contribution in [3.63, 3.8) is 0 Å². The number of halogens is 2. The van der Waals surface area contributed by atoms with Crippen LogP contribution in [-0.4, -0.2) is 15.9 Å². The number of carbonyl (C=O) groups is 1. The van der Waals surface area contributed by atoms with Gasteiger partial charge in [0.2, 0.25) is 5.91 Å². The first-order valence-electron chi connectivity index (χ1n) is 9.49. The van der Waals surface area contributed by atoms with E-state index < -0.39 is 5.82 Å². The molecule has 154 valence electrons. The Balaban J connectivity index is 1.81. The maximum atomic E-state index is 14.4. The number of hydrogen-bond donors (Lipinski definition) is 3. The molecule has 1 aliphatic carbocycles. The van der Waals surface area contributed by atoms with E-state index in [0.717, 1.165) is 18.5 Å². The van der Waals surface area contributed by atoms with Crippen LogP contribution >= 0.6 is 11.6 Å². The smallest absolute Gasteiger partial charge is 0.256 e. The van der Waals surface area contributed by atoms with Crippen molar-refractivity contribution >= 4 is 34.7 Å². The zero-order valence-corrected chi connectivity index (χ0v) is 17.2. The van der Waals surface area contributed by atoms with Crippen LogP contribution in [0.5, 0.6) is 0 Å². The number of pyridine rings is 2. The zero-order valence-electron chi connectivity index (χ0n) is 16.5. The second-order valence-corrected chi connectivity index (χ2v) is 8.16. The van der Waals surface area contributed by atoms with Crippen molar-refractivity contribution in [3.05, 3.63) is 69.5 Å². The van der Waals surface area contributed by atoms with E-state index in [0.29, 0.717) is 22.2 Å². The normalized spacial score (nSPS) is 14.3. The van der Waals surface area contributed by atoms with Crippen LogP contribution in [0.1, 0.15) is 32.4 Å². The van der Waals surface area contributed by atoms with Crippen LogP contribution in [-0.2, 0) is 10.2 Å². The molecule has 2 heterocycles. The maximum absolute atomic E-state index is 14.4. The molecule has 1 saturated carbocycles. The van der Waals surface area contributed by atoms with Crippen molar-refractivity contribution in [1.82, 2.24) is 9.97 Å². The molecule has 0 saturated heterocycles. The summed E-state index contributed by atoms with van der Waals surface area (Å²) in [5, 5.41) is 6.26. The van der Waals surface area contributed by atoms with Crippen molar-refractivity contribution in [1.29, 1.82) is 0 Å². The number of aromatic nitrogens is 2. The number of amides is 1. The largest absolute Gasteiger partial charge is 0.354 e. The van der Waals surface area contributed by atoms with Gasteiger partial charge in [-0.15, -0.1) is 0 Å². The monoisotopic (exact) mass is 426 g/mol. The minimum absolute atomic E-state index is 0.132. The molecule has 6 nitrogen and oxygen atoms in total. The molecule has 1 aliphatic rings. The summed E-state index contributed by atoms with van der Waals surface area (Å²) in [5.74, 6) is -0.358. The molecular formula is C22H20ClFN4O2. The molecule has 1 aromatic carbocycles. The quantitative estimate of drug-likeness (QED) is 0.536. The summed E-state index contributed by atoms with van der Waals surface area (Å²) in [6.45, 7) is 3.47. The molecule has 1 amide bonds. The summed E-state index contributed by atoms with van der Waals surface area (Å²) in [6.07, 6.45) is 3.45. The van der Waals surface area contributed by atoms with Gasteiger partial charge in [-0.3, -0.25) is 9.59 Å². The van der Waals surface area contributed by atoms with Gasteiger partial charge in [0.25, 0.3) is 5.56 Å². The lowest BCUT2D eigenvalue weighted by molar-refractivity contribution is -0.114. The van der Waals surface area contributed by atoms with E-state index in [-0.39, 0.29) is 28.0 Å². The standard InChI is InChI=1S/C22H20ClFN4O2/c1-12(29)26-19-10-14(5-8-25-19)27-18-11-16(15-9-13(23)3-4-17(15)24)21(30)28-20(18)22(2)6-7-22/h3-5,8-11H,6-7H2,1-2H3,(H,28,30)(H2,25,26,27,29). The molecule has 0 bridgehead atoms. The Kier molecular flexibility index (Phi) is 5.07. The Morgan fingerprint density at radius 3 is 2.67 bits per heavy atom. The van der Waals surface area contributed by atoms with Crippen molar-refractivity contribution < 1.29 is 9.18 Å². The Hall–Kier alpha value is -3.19. The molecule has 0 unspecified atom stereocenters. The van der Waals surface area contributed by atoms with Gasteiger partial charge >= 0.3 is 0 Å². The van der Waals surface area contributed by atoms with Crippen molar-refractivity contribution in [2.75, 3.05) is 10.6 Å². The molecule has 30 heavy (non-hydrogen) atoms. The number of rotatable bonds is 5. The third kappa shape index (κ3) is 4.07. The second kappa shape index (κ2) is 7.57. The van der Waals surface area contributed by atoms with E-state index in [1.807, 2.05) is 0 Å². The van der Waals surface area contributed by atoms with Crippen LogP contribution in [0, 0.1) is 5.82 Å². The first-order valence-corrected chi connectivity index (χ1v) is 9.87. The van der Waals surface area contributed by atoms with Gasteiger partial charge in [0, 0.05) is 46.6 Å². The van der Waals surface area contributed by atoms with Gasteiger partial charge in [-0.05, 0) is 43.2 Å². The molecule has 1 fully saturated rings. The second-order valence-electron chi connectivity index (χ2n) is 7.72. The first-order chi connectivity index (χ1) is 14.2. The number of hydrogen-bond acceptors (Lipinski definition) is 4. The van der Waals surface area contributed by atoms with Gasteiger partial charge in [-0.25, -0.2) is 9.37 Å². The lowest BCUT2D eigenvalue weighted by atomic mass is 9.99. The third-order valence-electron chi connectivity index (χ3n) is 5.21. The zero-order chi connectivity index (χ0) is 21.5. The summed E-state index contributed by atoms with van der Waals surface area (Å²) in [6, 6.07) is 9.19. The van der Waals surface area contributed by atoms with Crippen molar-refractivity contribution in [2.45, 2.75) is 32.1 Å². The lowest BCUT2D eigenvalue weighted by Gasteiger charge is -2.18. The fourth-order valence-corrected chi connectivity index (χ4v) is 3.53. The van der Waals surface area contributed by atoms with E-state index in [1.54, 1.807) is 24.4 Å². The van der Waals surface area contributed by atoms with Crippen LogP contribution in [0.15, 0.2) is 47.4 Å². The van der Waals surface area contributed by atoms with E-state index in [2.05, 4.69) is 27.5 Å².